The van der Waals surface area contributed by atoms with E-state index in [1.165, 1.54) is 0 Å². The number of carbonyl (C=O) groups is 1. The van der Waals surface area contributed by atoms with E-state index in [9.17, 15) is 4.79 Å². The predicted octanol–water partition coefficient (Wildman–Crippen LogP) is 1.02. The Hall–Kier alpha value is -0.220. The lowest BCUT2D eigenvalue weighted by atomic mass is 10.3. The SMILES string of the molecule is CCOC(=O)CCCSCCN. The zero-order valence-corrected chi connectivity index (χ0v) is 8.36. The third kappa shape index (κ3) is 7.88. The van der Waals surface area contributed by atoms with E-state index in [4.69, 9.17) is 10.5 Å². The highest BCUT2D eigenvalue weighted by atomic mass is 32.2. The molecule has 0 saturated carbocycles. The lowest BCUT2D eigenvalue weighted by Crippen LogP contribution is -2.05. The fraction of sp³-hybridized carbons (Fsp3) is 0.875. The van der Waals surface area contributed by atoms with E-state index in [0.717, 1.165) is 17.9 Å². The van der Waals surface area contributed by atoms with Crippen LogP contribution < -0.4 is 5.73 Å². The number of thioether (sulfide) groups is 1. The van der Waals surface area contributed by atoms with Gasteiger partial charge in [-0.2, -0.15) is 11.8 Å². The van der Waals surface area contributed by atoms with E-state index >= 15 is 0 Å². The summed E-state index contributed by atoms with van der Waals surface area (Å²) in [6.07, 6.45) is 1.43. The molecule has 0 spiro atoms. The van der Waals surface area contributed by atoms with Crippen LogP contribution in [-0.4, -0.2) is 30.6 Å². The molecule has 0 unspecified atom stereocenters. The predicted molar refractivity (Wildman–Crippen MR) is 52.2 cm³/mol. The summed E-state index contributed by atoms with van der Waals surface area (Å²) in [6, 6.07) is 0. The number of esters is 1. The fourth-order valence-electron chi connectivity index (χ4n) is 0.737. The van der Waals surface area contributed by atoms with Crippen molar-refractivity contribution < 1.29 is 9.53 Å². The number of carbonyl (C=O) groups excluding carboxylic acids is 1. The van der Waals surface area contributed by atoms with Crippen LogP contribution in [0.4, 0.5) is 0 Å². The van der Waals surface area contributed by atoms with Crippen LogP contribution in [0.15, 0.2) is 0 Å². The highest BCUT2D eigenvalue weighted by Gasteiger charge is 1.99. The molecule has 0 amide bonds. The molecule has 0 saturated heterocycles. The Morgan fingerprint density at radius 1 is 1.50 bits per heavy atom. The summed E-state index contributed by atoms with van der Waals surface area (Å²) in [5.41, 5.74) is 5.31. The smallest absolute Gasteiger partial charge is 0.305 e. The number of hydrogen-bond acceptors (Lipinski definition) is 4. The first-order valence-corrected chi connectivity index (χ1v) is 5.40. The molecule has 0 aromatic heterocycles. The third-order valence-corrected chi connectivity index (χ3v) is 2.34. The zero-order chi connectivity index (χ0) is 9.23. The van der Waals surface area contributed by atoms with Gasteiger partial charge in [-0.25, -0.2) is 0 Å². The van der Waals surface area contributed by atoms with Crippen molar-refractivity contribution in [2.24, 2.45) is 5.73 Å². The quantitative estimate of drug-likeness (QED) is 0.482. The third-order valence-electron chi connectivity index (χ3n) is 1.24. The van der Waals surface area contributed by atoms with Gasteiger partial charge in [-0.05, 0) is 19.1 Å². The molecule has 0 aliphatic heterocycles. The molecule has 0 heterocycles. The Morgan fingerprint density at radius 3 is 2.83 bits per heavy atom. The summed E-state index contributed by atoms with van der Waals surface area (Å²) in [5.74, 6) is 1.88. The second-order valence-electron chi connectivity index (χ2n) is 2.31. The van der Waals surface area contributed by atoms with Crippen LogP contribution in [0.3, 0.4) is 0 Å². The standard InChI is InChI=1S/C8H17NO2S/c1-2-11-8(10)4-3-6-12-7-5-9/h2-7,9H2,1H3. The monoisotopic (exact) mass is 191 g/mol. The van der Waals surface area contributed by atoms with Crippen LogP contribution in [0.5, 0.6) is 0 Å². The van der Waals surface area contributed by atoms with Crippen LogP contribution in [0.2, 0.25) is 0 Å². The molecule has 0 aliphatic rings. The highest BCUT2D eigenvalue weighted by Crippen LogP contribution is 2.03. The topological polar surface area (TPSA) is 52.3 Å². The van der Waals surface area contributed by atoms with E-state index < -0.39 is 0 Å². The van der Waals surface area contributed by atoms with Gasteiger partial charge in [0.15, 0.2) is 0 Å². The van der Waals surface area contributed by atoms with Gasteiger partial charge in [-0.1, -0.05) is 0 Å². The molecule has 0 fully saturated rings. The first kappa shape index (κ1) is 11.8. The Bertz CT molecular complexity index is 120. The summed E-state index contributed by atoms with van der Waals surface area (Å²) in [6.45, 7) is 3.01. The van der Waals surface area contributed by atoms with Crippen LogP contribution >= 0.6 is 11.8 Å². The Balaban J connectivity index is 3.03. The van der Waals surface area contributed by atoms with E-state index in [-0.39, 0.29) is 5.97 Å². The van der Waals surface area contributed by atoms with E-state index in [2.05, 4.69) is 0 Å². The second kappa shape index (κ2) is 8.87. The molecule has 0 bridgehead atoms. The molecule has 3 nitrogen and oxygen atoms in total. The van der Waals surface area contributed by atoms with Crippen molar-refractivity contribution in [2.45, 2.75) is 19.8 Å². The molecule has 0 aromatic rings. The van der Waals surface area contributed by atoms with Crippen molar-refractivity contribution in [1.29, 1.82) is 0 Å². The lowest BCUT2D eigenvalue weighted by molar-refractivity contribution is -0.143. The molecule has 0 radical (unpaired) electrons. The Kier molecular flexibility index (Phi) is 8.71. The first-order chi connectivity index (χ1) is 5.81. The number of hydrogen-bond donors (Lipinski definition) is 1. The van der Waals surface area contributed by atoms with Gasteiger partial charge in [0.2, 0.25) is 0 Å². The molecule has 12 heavy (non-hydrogen) atoms. The molecule has 0 rings (SSSR count). The van der Waals surface area contributed by atoms with Gasteiger partial charge < -0.3 is 10.5 Å². The van der Waals surface area contributed by atoms with Crippen LogP contribution in [0.1, 0.15) is 19.8 Å². The van der Waals surface area contributed by atoms with Gasteiger partial charge in [0.1, 0.15) is 0 Å². The second-order valence-corrected chi connectivity index (χ2v) is 3.53. The average molecular weight is 191 g/mol. The maximum Gasteiger partial charge on any atom is 0.305 e. The van der Waals surface area contributed by atoms with Crippen molar-refractivity contribution in [2.75, 3.05) is 24.7 Å². The maximum absolute atomic E-state index is 10.8. The molecule has 0 aliphatic carbocycles. The van der Waals surface area contributed by atoms with Gasteiger partial charge in [0.05, 0.1) is 6.61 Å². The molecule has 4 heteroatoms. The van der Waals surface area contributed by atoms with Crippen molar-refractivity contribution in [3.8, 4) is 0 Å². The molecule has 72 valence electrons. The van der Waals surface area contributed by atoms with E-state index in [1.54, 1.807) is 11.8 Å². The summed E-state index contributed by atoms with van der Waals surface area (Å²) in [7, 11) is 0. The summed E-state index contributed by atoms with van der Waals surface area (Å²) < 4.78 is 4.78. The molecular weight excluding hydrogens is 174 g/mol. The average Bonchev–Trinajstić information content (AvgIpc) is 2.05. The van der Waals surface area contributed by atoms with Crippen molar-refractivity contribution in [3.63, 3.8) is 0 Å². The molecule has 0 aromatic carbocycles. The fourth-order valence-corrected chi connectivity index (χ4v) is 1.46. The molecular formula is C8H17NO2S. The minimum absolute atomic E-state index is 0.0918. The summed E-state index contributed by atoms with van der Waals surface area (Å²) in [5, 5.41) is 0. The molecule has 2 N–H and O–H groups in total. The van der Waals surface area contributed by atoms with Crippen LogP contribution in [-0.2, 0) is 9.53 Å². The van der Waals surface area contributed by atoms with Gasteiger partial charge in [-0.3, -0.25) is 4.79 Å². The summed E-state index contributed by atoms with van der Waals surface area (Å²) in [4.78, 5) is 10.8. The summed E-state index contributed by atoms with van der Waals surface area (Å²) >= 11 is 1.78. The van der Waals surface area contributed by atoms with Gasteiger partial charge in [0, 0.05) is 18.7 Å². The minimum atomic E-state index is -0.0918. The van der Waals surface area contributed by atoms with Gasteiger partial charge >= 0.3 is 5.97 Å². The number of nitrogens with two attached hydrogens (primary N) is 1. The number of ether oxygens (including phenoxy) is 1. The van der Waals surface area contributed by atoms with E-state index in [0.29, 0.717) is 19.6 Å². The van der Waals surface area contributed by atoms with Crippen LogP contribution in [0.25, 0.3) is 0 Å². The highest BCUT2D eigenvalue weighted by molar-refractivity contribution is 7.99. The number of rotatable bonds is 7. The van der Waals surface area contributed by atoms with Crippen molar-refractivity contribution >= 4 is 17.7 Å². The van der Waals surface area contributed by atoms with Crippen molar-refractivity contribution in [3.05, 3.63) is 0 Å². The Morgan fingerprint density at radius 2 is 2.25 bits per heavy atom. The Labute approximate surface area is 78.0 Å². The molecule has 0 atom stereocenters. The van der Waals surface area contributed by atoms with E-state index in [1.807, 2.05) is 6.92 Å². The lowest BCUT2D eigenvalue weighted by Gasteiger charge is -2.00. The van der Waals surface area contributed by atoms with Crippen LogP contribution in [0, 0.1) is 0 Å². The van der Waals surface area contributed by atoms with Crippen molar-refractivity contribution in [1.82, 2.24) is 0 Å². The normalized spacial score (nSPS) is 9.83. The maximum atomic E-state index is 10.8. The van der Waals surface area contributed by atoms with Gasteiger partial charge in [-0.15, -0.1) is 0 Å². The first-order valence-electron chi connectivity index (χ1n) is 4.24. The largest absolute Gasteiger partial charge is 0.466 e. The zero-order valence-electron chi connectivity index (χ0n) is 7.54. The minimum Gasteiger partial charge on any atom is -0.466 e. The van der Waals surface area contributed by atoms with Gasteiger partial charge in [0.25, 0.3) is 0 Å².